The van der Waals surface area contributed by atoms with Crippen molar-refractivity contribution in [2.24, 2.45) is 0 Å². The smallest absolute Gasteiger partial charge is 0.268 e. The van der Waals surface area contributed by atoms with Gasteiger partial charge in [-0.15, -0.1) is 0 Å². The molecule has 2 amide bonds. The number of hydrogen-bond acceptors (Lipinski definition) is 4. The summed E-state index contributed by atoms with van der Waals surface area (Å²) in [6, 6.07) is 5.86. The zero-order valence-electron chi connectivity index (χ0n) is 12.0. The average molecular weight is 371 g/mol. The van der Waals surface area contributed by atoms with Crippen molar-refractivity contribution in [3.05, 3.63) is 68.2 Å². The summed E-state index contributed by atoms with van der Waals surface area (Å²) in [4.78, 5) is 35.4. The van der Waals surface area contributed by atoms with Gasteiger partial charge in [0.05, 0.1) is 21.7 Å². The molecule has 0 unspecified atom stereocenters. The lowest BCUT2D eigenvalue weighted by Crippen LogP contribution is -2.31. The summed E-state index contributed by atoms with van der Waals surface area (Å²) in [6.07, 6.45) is -4.89. The Bertz CT molecular complexity index is 943. The third-order valence-corrected chi connectivity index (χ3v) is 3.83. The van der Waals surface area contributed by atoms with Crippen molar-refractivity contribution in [2.75, 3.05) is 4.90 Å². The van der Waals surface area contributed by atoms with E-state index in [1.165, 1.54) is 6.07 Å². The van der Waals surface area contributed by atoms with Crippen molar-refractivity contribution in [3.8, 4) is 0 Å². The van der Waals surface area contributed by atoms with Gasteiger partial charge in [0.15, 0.2) is 0 Å². The van der Waals surface area contributed by atoms with E-state index < -0.39 is 45.4 Å². The molecule has 0 saturated heterocycles. The van der Waals surface area contributed by atoms with E-state index in [1.807, 2.05) is 0 Å². The summed E-state index contributed by atoms with van der Waals surface area (Å²) in [5, 5.41) is 10.8. The number of amides is 2. The number of hydrogen-bond donors (Lipinski definition) is 0. The van der Waals surface area contributed by atoms with Crippen LogP contribution in [0.2, 0.25) is 5.02 Å². The van der Waals surface area contributed by atoms with Crippen LogP contribution >= 0.6 is 11.6 Å². The van der Waals surface area contributed by atoms with Gasteiger partial charge in [0.25, 0.3) is 17.5 Å². The minimum atomic E-state index is -4.89. The molecule has 0 saturated carbocycles. The maximum absolute atomic E-state index is 13.3. The molecule has 0 spiro atoms. The third kappa shape index (κ3) is 2.62. The highest BCUT2D eigenvalue weighted by Crippen LogP contribution is 2.42. The molecule has 0 atom stereocenters. The molecule has 2 aromatic carbocycles. The molecule has 10 heteroatoms. The van der Waals surface area contributed by atoms with Gasteiger partial charge < -0.3 is 0 Å². The predicted molar refractivity (Wildman–Crippen MR) is 80.7 cm³/mol. The number of nitro groups is 1. The number of fused-ring (bicyclic) bond motifs is 1. The Morgan fingerprint density at radius 3 is 2.36 bits per heavy atom. The molecule has 2 aromatic rings. The Kier molecular flexibility index (Phi) is 3.76. The number of anilines is 1. The van der Waals surface area contributed by atoms with Crippen molar-refractivity contribution in [3.63, 3.8) is 0 Å². The van der Waals surface area contributed by atoms with Crippen LogP contribution < -0.4 is 4.90 Å². The van der Waals surface area contributed by atoms with Gasteiger partial charge in [0.2, 0.25) is 0 Å². The van der Waals surface area contributed by atoms with Crippen LogP contribution in [-0.4, -0.2) is 16.7 Å². The number of halogens is 4. The van der Waals surface area contributed by atoms with Gasteiger partial charge >= 0.3 is 6.18 Å². The summed E-state index contributed by atoms with van der Waals surface area (Å²) in [7, 11) is 0. The molecule has 1 aliphatic heterocycles. The maximum atomic E-state index is 13.3. The van der Waals surface area contributed by atoms with Crippen molar-refractivity contribution in [1.29, 1.82) is 0 Å². The standard InChI is InChI=1S/C15H6ClF3N2O4/c16-7-4-5-10(9(6-7)15(17,18)19)20-13(22)8-2-1-3-11(21(24)25)12(8)14(20)23/h1-6H. The molecule has 1 aliphatic rings. The fraction of sp³-hybridized carbons (Fsp3) is 0.0667. The SMILES string of the molecule is O=C1c2cccc([N+](=O)[O-])c2C(=O)N1c1ccc(Cl)cc1C(F)(F)F. The first-order valence-electron chi connectivity index (χ1n) is 6.66. The Balaban J connectivity index is 2.22. The van der Waals surface area contributed by atoms with Crippen LogP contribution in [0.1, 0.15) is 26.3 Å². The van der Waals surface area contributed by atoms with Crippen LogP contribution in [0.15, 0.2) is 36.4 Å². The molecule has 128 valence electrons. The zero-order valence-corrected chi connectivity index (χ0v) is 12.8. The van der Waals surface area contributed by atoms with E-state index in [4.69, 9.17) is 11.6 Å². The number of rotatable bonds is 2. The molecule has 6 nitrogen and oxygen atoms in total. The zero-order chi connectivity index (χ0) is 18.5. The predicted octanol–water partition coefficient (Wildman–Crippen LogP) is 4.07. The second-order valence-corrected chi connectivity index (χ2v) is 5.50. The summed E-state index contributed by atoms with van der Waals surface area (Å²) < 4.78 is 39.8. The monoisotopic (exact) mass is 370 g/mol. The minimum Gasteiger partial charge on any atom is -0.268 e. The normalized spacial score (nSPS) is 14.0. The maximum Gasteiger partial charge on any atom is 0.418 e. The molecular weight excluding hydrogens is 365 g/mol. The van der Waals surface area contributed by atoms with E-state index in [-0.39, 0.29) is 15.5 Å². The van der Waals surface area contributed by atoms with Crippen molar-refractivity contribution in [1.82, 2.24) is 0 Å². The van der Waals surface area contributed by atoms with E-state index in [0.29, 0.717) is 6.07 Å². The van der Waals surface area contributed by atoms with Gasteiger partial charge in [-0.1, -0.05) is 17.7 Å². The lowest BCUT2D eigenvalue weighted by atomic mass is 10.1. The Hall–Kier alpha value is -2.94. The first-order valence-corrected chi connectivity index (χ1v) is 7.03. The summed E-state index contributed by atoms with van der Waals surface area (Å²) in [5.41, 5.74) is -3.56. The first-order chi connectivity index (χ1) is 11.6. The van der Waals surface area contributed by atoms with Crippen LogP contribution in [0.3, 0.4) is 0 Å². The van der Waals surface area contributed by atoms with E-state index in [0.717, 1.165) is 24.3 Å². The van der Waals surface area contributed by atoms with Gasteiger partial charge in [0.1, 0.15) is 5.56 Å². The topological polar surface area (TPSA) is 80.5 Å². The van der Waals surface area contributed by atoms with Crippen molar-refractivity contribution < 1.29 is 27.7 Å². The fourth-order valence-corrected chi connectivity index (χ4v) is 2.74. The highest BCUT2D eigenvalue weighted by molar-refractivity contribution is 6.36. The molecule has 1 heterocycles. The second kappa shape index (κ2) is 5.55. The summed E-state index contributed by atoms with van der Waals surface area (Å²) in [6.45, 7) is 0. The van der Waals surface area contributed by atoms with Crippen LogP contribution in [0.25, 0.3) is 0 Å². The molecule has 25 heavy (non-hydrogen) atoms. The van der Waals surface area contributed by atoms with Crippen LogP contribution in [0, 0.1) is 10.1 Å². The van der Waals surface area contributed by atoms with E-state index in [2.05, 4.69) is 0 Å². The lowest BCUT2D eigenvalue weighted by molar-refractivity contribution is -0.385. The molecule has 0 bridgehead atoms. The summed E-state index contributed by atoms with van der Waals surface area (Å²) in [5.74, 6) is -2.27. The Morgan fingerprint density at radius 1 is 1.08 bits per heavy atom. The Morgan fingerprint density at radius 2 is 1.76 bits per heavy atom. The van der Waals surface area contributed by atoms with Crippen LogP contribution in [-0.2, 0) is 6.18 Å². The lowest BCUT2D eigenvalue weighted by Gasteiger charge is -2.19. The van der Waals surface area contributed by atoms with E-state index in [9.17, 15) is 32.9 Å². The molecule has 3 rings (SSSR count). The average Bonchev–Trinajstić information content (AvgIpc) is 2.78. The van der Waals surface area contributed by atoms with E-state index in [1.54, 1.807) is 0 Å². The summed E-state index contributed by atoms with van der Waals surface area (Å²) >= 11 is 5.58. The number of nitro benzene ring substituents is 1. The van der Waals surface area contributed by atoms with Gasteiger partial charge in [-0.05, 0) is 24.3 Å². The molecule has 0 N–H and O–H groups in total. The number of nitrogens with zero attached hydrogens (tertiary/aromatic N) is 2. The first kappa shape index (κ1) is 16.9. The Labute approximate surface area is 142 Å². The fourth-order valence-electron chi connectivity index (χ4n) is 2.57. The van der Waals surface area contributed by atoms with Gasteiger partial charge in [-0.3, -0.25) is 19.7 Å². The minimum absolute atomic E-state index is 0.237. The van der Waals surface area contributed by atoms with Gasteiger partial charge in [0, 0.05) is 11.1 Å². The highest BCUT2D eigenvalue weighted by Gasteiger charge is 2.45. The number of benzene rings is 2. The number of imide groups is 1. The largest absolute Gasteiger partial charge is 0.418 e. The van der Waals surface area contributed by atoms with Crippen molar-refractivity contribution in [2.45, 2.75) is 6.18 Å². The van der Waals surface area contributed by atoms with Gasteiger partial charge in [-0.2, -0.15) is 13.2 Å². The molecule has 0 fully saturated rings. The van der Waals surface area contributed by atoms with Crippen LogP contribution in [0.4, 0.5) is 24.5 Å². The number of alkyl halides is 3. The molecule has 0 aliphatic carbocycles. The molecule has 0 aromatic heterocycles. The highest BCUT2D eigenvalue weighted by atomic mass is 35.5. The van der Waals surface area contributed by atoms with Crippen molar-refractivity contribution >= 4 is 34.8 Å². The molecular formula is C15H6ClF3N2O4. The second-order valence-electron chi connectivity index (χ2n) is 5.06. The number of carbonyl (C=O) groups excluding carboxylic acids is 2. The van der Waals surface area contributed by atoms with Crippen LogP contribution in [0.5, 0.6) is 0 Å². The number of carbonyl (C=O) groups is 2. The van der Waals surface area contributed by atoms with E-state index >= 15 is 0 Å². The van der Waals surface area contributed by atoms with Gasteiger partial charge in [-0.25, -0.2) is 4.90 Å². The third-order valence-electron chi connectivity index (χ3n) is 3.59. The molecule has 0 radical (unpaired) electrons. The quantitative estimate of drug-likeness (QED) is 0.453.